The van der Waals surface area contributed by atoms with Crippen molar-refractivity contribution in [2.75, 3.05) is 19.6 Å². The number of hydrogen-bond donors (Lipinski definition) is 0. The van der Waals surface area contributed by atoms with Crippen LogP contribution in [0.1, 0.15) is 65.7 Å². The second-order valence-corrected chi connectivity index (χ2v) is 7.96. The molecule has 0 N–H and O–H groups in total. The van der Waals surface area contributed by atoms with Crippen LogP contribution in [0, 0.1) is 5.41 Å². The van der Waals surface area contributed by atoms with Crippen LogP contribution < -0.4 is 0 Å². The maximum atomic E-state index is 2.92. The largest absolute Gasteiger partial charge is 0.298 e. The fourth-order valence-electron chi connectivity index (χ4n) is 4.86. The zero-order chi connectivity index (χ0) is 13.5. The molecule has 2 heteroatoms. The maximum Gasteiger partial charge on any atom is 0.0224 e. The monoisotopic (exact) mass is 264 g/mol. The van der Waals surface area contributed by atoms with Gasteiger partial charge in [0.1, 0.15) is 0 Å². The van der Waals surface area contributed by atoms with Gasteiger partial charge in [-0.1, -0.05) is 27.2 Å². The summed E-state index contributed by atoms with van der Waals surface area (Å²) in [6.07, 6.45) is 9.97. The standard InChI is InChI=1S/C17H32N2/c1-4-14-12-18-10-6-8-16(18)13-19(14)15-7-5-9-17(2,3)11-15/h14-16H,4-13H2,1-3H3. The maximum absolute atomic E-state index is 2.92. The highest BCUT2D eigenvalue weighted by Crippen LogP contribution is 2.39. The van der Waals surface area contributed by atoms with E-state index in [4.69, 9.17) is 0 Å². The first kappa shape index (κ1) is 13.9. The molecule has 2 aliphatic heterocycles. The first-order valence-electron chi connectivity index (χ1n) is 8.59. The molecule has 3 aliphatic rings. The molecule has 3 rings (SSSR count). The molecule has 1 saturated carbocycles. The minimum absolute atomic E-state index is 0.577. The molecule has 0 aromatic heterocycles. The molecule has 0 aromatic rings. The van der Waals surface area contributed by atoms with Crippen molar-refractivity contribution < 1.29 is 0 Å². The lowest BCUT2D eigenvalue weighted by Crippen LogP contribution is -2.59. The number of piperazine rings is 1. The van der Waals surface area contributed by atoms with Crippen molar-refractivity contribution in [3.05, 3.63) is 0 Å². The first-order valence-corrected chi connectivity index (χ1v) is 8.59. The lowest BCUT2D eigenvalue weighted by atomic mass is 9.74. The summed E-state index contributed by atoms with van der Waals surface area (Å²) in [5.74, 6) is 0. The highest BCUT2D eigenvalue weighted by molar-refractivity contribution is 4.96. The predicted octanol–water partition coefficient (Wildman–Crippen LogP) is 3.51. The molecular weight excluding hydrogens is 232 g/mol. The van der Waals surface area contributed by atoms with Crippen molar-refractivity contribution in [1.82, 2.24) is 9.80 Å². The molecule has 2 nitrogen and oxygen atoms in total. The van der Waals surface area contributed by atoms with Gasteiger partial charge in [0.2, 0.25) is 0 Å². The van der Waals surface area contributed by atoms with E-state index in [0.717, 1.165) is 18.1 Å². The Labute approximate surface area is 119 Å². The molecule has 0 radical (unpaired) electrons. The molecule has 3 atom stereocenters. The Kier molecular flexibility index (Phi) is 3.92. The van der Waals surface area contributed by atoms with Gasteiger partial charge in [0.05, 0.1) is 0 Å². The van der Waals surface area contributed by atoms with E-state index in [9.17, 15) is 0 Å². The number of rotatable bonds is 2. The smallest absolute Gasteiger partial charge is 0.0224 e. The summed E-state index contributed by atoms with van der Waals surface area (Å²) < 4.78 is 0. The van der Waals surface area contributed by atoms with Gasteiger partial charge in [0, 0.05) is 31.2 Å². The Hall–Kier alpha value is -0.0800. The molecule has 0 bridgehead atoms. The topological polar surface area (TPSA) is 6.48 Å². The third kappa shape index (κ3) is 2.85. The molecule has 3 fully saturated rings. The summed E-state index contributed by atoms with van der Waals surface area (Å²) in [5.41, 5.74) is 0.577. The Morgan fingerprint density at radius 2 is 1.84 bits per heavy atom. The molecule has 0 spiro atoms. The fraction of sp³-hybridized carbons (Fsp3) is 1.00. The summed E-state index contributed by atoms with van der Waals surface area (Å²) in [6, 6.07) is 2.58. The highest BCUT2D eigenvalue weighted by Gasteiger charge is 2.40. The molecular formula is C17H32N2. The van der Waals surface area contributed by atoms with Crippen LogP contribution in [0.15, 0.2) is 0 Å². The van der Waals surface area contributed by atoms with E-state index < -0.39 is 0 Å². The van der Waals surface area contributed by atoms with Crippen LogP contribution in [0.3, 0.4) is 0 Å². The van der Waals surface area contributed by atoms with Gasteiger partial charge in [-0.15, -0.1) is 0 Å². The summed E-state index contributed by atoms with van der Waals surface area (Å²) in [6.45, 7) is 11.4. The molecule has 19 heavy (non-hydrogen) atoms. The molecule has 0 amide bonds. The van der Waals surface area contributed by atoms with Crippen LogP contribution in [0.5, 0.6) is 0 Å². The molecule has 3 unspecified atom stereocenters. The van der Waals surface area contributed by atoms with Crippen molar-refractivity contribution in [3.63, 3.8) is 0 Å². The minimum atomic E-state index is 0.577. The first-order chi connectivity index (χ1) is 9.09. The van der Waals surface area contributed by atoms with Crippen molar-refractivity contribution in [2.45, 2.75) is 83.8 Å². The Morgan fingerprint density at radius 3 is 2.58 bits per heavy atom. The average Bonchev–Trinajstić information content (AvgIpc) is 2.83. The van der Waals surface area contributed by atoms with Crippen LogP contribution in [-0.2, 0) is 0 Å². The van der Waals surface area contributed by atoms with Crippen LogP contribution in [-0.4, -0.2) is 47.6 Å². The summed E-state index contributed by atoms with van der Waals surface area (Å²) >= 11 is 0. The molecule has 2 heterocycles. The second kappa shape index (κ2) is 5.37. The minimum Gasteiger partial charge on any atom is -0.298 e. The van der Waals surface area contributed by atoms with Gasteiger partial charge in [0.15, 0.2) is 0 Å². The van der Waals surface area contributed by atoms with Crippen molar-refractivity contribution >= 4 is 0 Å². The van der Waals surface area contributed by atoms with E-state index in [0.29, 0.717) is 5.41 Å². The van der Waals surface area contributed by atoms with Crippen molar-refractivity contribution in [2.24, 2.45) is 5.41 Å². The van der Waals surface area contributed by atoms with Crippen LogP contribution >= 0.6 is 0 Å². The van der Waals surface area contributed by atoms with E-state index in [-0.39, 0.29) is 0 Å². The number of nitrogens with zero attached hydrogens (tertiary/aromatic N) is 2. The van der Waals surface area contributed by atoms with Gasteiger partial charge in [-0.25, -0.2) is 0 Å². The summed E-state index contributed by atoms with van der Waals surface area (Å²) in [5, 5.41) is 0. The van der Waals surface area contributed by atoms with E-state index in [2.05, 4.69) is 30.6 Å². The third-order valence-corrected chi connectivity index (χ3v) is 5.95. The highest BCUT2D eigenvalue weighted by atomic mass is 15.3. The van der Waals surface area contributed by atoms with Gasteiger partial charge in [-0.3, -0.25) is 9.80 Å². The van der Waals surface area contributed by atoms with Crippen LogP contribution in [0.25, 0.3) is 0 Å². The van der Waals surface area contributed by atoms with Gasteiger partial charge in [-0.05, 0) is 50.5 Å². The number of hydrogen-bond acceptors (Lipinski definition) is 2. The van der Waals surface area contributed by atoms with Crippen molar-refractivity contribution in [1.29, 1.82) is 0 Å². The van der Waals surface area contributed by atoms with Crippen LogP contribution in [0.2, 0.25) is 0 Å². The van der Waals surface area contributed by atoms with Crippen LogP contribution in [0.4, 0.5) is 0 Å². The van der Waals surface area contributed by atoms with Gasteiger partial charge in [0.25, 0.3) is 0 Å². The lowest BCUT2D eigenvalue weighted by molar-refractivity contribution is -0.0103. The Balaban J connectivity index is 1.70. The third-order valence-electron chi connectivity index (χ3n) is 5.95. The fourth-order valence-corrected chi connectivity index (χ4v) is 4.86. The van der Waals surface area contributed by atoms with E-state index >= 15 is 0 Å². The lowest BCUT2D eigenvalue weighted by Gasteiger charge is -2.50. The molecule has 0 aromatic carbocycles. The quantitative estimate of drug-likeness (QED) is 0.753. The Morgan fingerprint density at radius 1 is 1.05 bits per heavy atom. The molecule has 1 aliphatic carbocycles. The van der Waals surface area contributed by atoms with E-state index in [1.54, 1.807) is 0 Å². The van der Waals surface area contributed by atoms with E-state index in [1.165, 1.54) is 64.6 Å². The average molecular weight is 264 g/mol. The summed E-state index contributed by atoms with van der Waals surface area (Å²) in [4.78, 5) is 5.70. The Bertz CT molecular complexity index is 312. The predicted molar refractivity (Wildman–Crippen MR) is 81.4 cm³/mol. The number of fused-ring (bicyclic) bond motifs is 1. The zero-order valence-electron chi connectivity index (χ0n) is 13.2. The second-order valence-electron chi connectivity index (χ2n) is 7.96. The summed E-state index contributed by atoms with van der Waals surface area (Å²) in [7, 11) is 0. The molecule has 110 valence electrons. The van der Waals surface area contributed by atoms with E-state index in [1.807, 2.05) is 0 Å². The van der Waals surface area contributed by atoms with Gasteiger partial charge in [-0.2, -0.15) is 0 Å². The SMILES string of the molecule is CCC1CN2CCCC2CN1C1CCCC(C)(C)C1. The molecule has 2 saturated heterocycles. The zero-order valence-corrected chi connectivity index (χ0v) is 13.2. The normalized spacial score (nSPS) is 40.3. The van der Waals surface area contributed by atoms with Crippen molar-refractivity contribution in [3.8, 4) is 0 Å². The van der Waals surface area contributed by atoms with Gasteiger partial charge >= 0.3 is 0 Å². The van der Waals surface area contributed by atoms with Gasteiger partial charge < -0.3 is 0 Å².